The summed E-state index contributed by atoms with van der Waals surface area (Å²) in [7, 11) is 0. The first-order valence-electron chi connectivity index (χ1n) is 6.28. The molecule has 0 atom stereocenters. The molecule has 1 N–H and O–H groups in total. The molecule has 0 saturated carbocycles. The second-order valence-corrected chi connectivity index (χ2v) is 4.25. The Morgan fingerprint density at radius 2 is 2.14 bits per heavy atom. The highest BCUT2D eigenvalue weighted by Gasteiger charge is 2.12. The van der Waals surface area contributed by atoms with Crippen LogP contribution in [0, 0.1) is 0 Å². The molecule has 0 unspecified atom stereocenters. The molecule has 8 nitrogen and oxygen atoms in total. The number of carboxylic acids is 1. The summed E-state index contributed by atoms with van der Waals surface area (Å²) in [6.45, 7) is 0.149. The summed E-state index contributed by atoms with van der Waals surface area (Å²) in [5.74, 6) is -0.936. The van der Waals surface area contributed by atoms with E-state index in [1.54, 1.807) is 12.3 Å². The van der Waals surface area contributed by atoms with Gasteiger partial charge in [0.2, 0.25) is 5.88 Å². The van der Waals surface area contributed by atoms with Crippen LogP contribution in [0.25, 0.3) is 11.4 Å². The normalized spacial score (nSPS) is 10.4. The second kappa shape index (κ2) is 6.00. The van der Waals surface area contributed by atoms with Crippen LogP contribution in [0.4, 0.5) is 0 Å². The lowest BCUT2D eigenvalue weighted by molar-refractivity contribution is 0.0689. The van der Waals surface area contributed by atoms with Crippen LogP contribution in [-0.4, -0.2) is 31.4 Å². The smallest absolute Gasteiger partial charge is 0.356 e. The molecule has 0 radical (unpaired) electrons. The van der Waals surface area contributed by atoms with Crippen LogP contribution >= 0.6 is 0 Å². The number of aromatic nitrogens is 4. The van der Waals surface area contributed by atoms with E-state index < -0.39 is 5.97 Å². The number of carboxylic acid groups (broad SMARTS) is 1. The highest BCUT2D eigenvalue weighted by Crippen LogP contribution is 2.20. The lowest BCUT2D eigenvalue weighted by Gasteiger charge is -2.04. The average Bonchev–Trinajstić information content (AvgIpc) is 3.02. The molecule has 0 bridgehead atoms. The number of hydrogen-bond donors (Lipinski definition) is 1. The number of ether oxygens (including phenoxy) is 1. The first-order chi connectivity index (χ1) is 10.7. The summed E-state index contributed by atoms with van der Waals surface area (Å²) < 4.78 is 10.4. The van der Waals surface area contributed by atoms with Gasteiger partial charge < -0.3 is 14.4 Å². The molecular formula is C14H10N4O4. The minimum atomic E-state index is -1.14. The summed E-state index contributed by atoms with van der Waals surface area (Å²) in [4.78, 5) is 14.9. The van der Waals surface area contributed by atoms with Gasteiger partial charge in [0.1, 0.15) is 18.6 Å². The van der Waals surface area contributed by atoms with Gasteiger partial charge in [0, 0.05) is 12.3 Å². The monoisotopic (exact) mass is 298 g/mol. The Balaban J connectivity index is 1.72. The highest BCUT2D eigenvalue weighted by atomic mass is 16.5. The van der Waals surface area contributed by atoms with Gasteiger partial charge in [-0.05, 0) is 18.2 Å². The summed E-state index contributed by atoms with van der Waals surface area (Å²) in [5.41, 5.74) is 1.80. The van der Waals surface area contributed by atoms with Crippen LogP contribution in [-0.2, 0) is 6.61 Å². The van der Waals surface area contributed by atoms with Crippen LogP contribution in [0.1, 0.15) is 16.1 Å². The first kappa shape index (κ1) is 13.7. The van der Waals surface area contributed by atoms with Crippen molar-refractivity contribution in [2.45, 2.75) is 6.61 Å². The Hall–Kier alpha value is -3.29. The minimum absolute atomic E-state index is 0.147. The van der Waals surface area contributed by atoms with E-state index in [0.717, 1.165) is 0 Å². The maximum Gasteiger partial charge on any atom is 0.356 e. The van der Waals surface area contributed by atoms with Crippen LogP contribution in [0.3, 0.4) is 0 Å². The molecule has 0 aliphatic rings. The number of carbonyl (C=O) groups is 1. The van der Waals surface area contributed by atoms with E-state index in [4.69, 9.17) is 14.4 Å². The maximum atomic E-state index is 10.7. The third-order valence-corrected chi connectivity index (χ3v) is 2.79. The van der Waals surface area contributed by atoms with Crippen molar-refractivity contribution in [3.8, 4) is 17.3 Å². The molecular weight excluding hydrogens is 288 g/mol. The van der Waals surface area contributed by atoms with Crippen molar-refractivity contribution in [2.75, 3.05) is 0 Å². The molecule has 0 fully saturated rings. The van der Waals surface area contributed by atoms with Crippen LogP contribution in [0.2, 0.25) is 0 Å². The van der Waals surface area contributed by atoms with Gasteiger partial charge in [0.15, 0.2) is 5.69 Å². The van der Waals surface area contributed by atoms with Crippen LogP contribution in [0.15, 0.2) is 47.3 Å². The molecule has 3 heterocycles. The largest absolute Gasteiger partial charge is 0.476 e. The van der Waals surface area contributed by atoms with Gasteiger partial charge in [0.25, 0.3) is 0 Å². The van der Waals surface area contributed by atoms with Crippen LogP contribution < -0.4 is 4.74 Å². The molecule has 0 saturated heterocycles. The highest BCUT2D eigenvalue weighted by molar-refractivity contribution is 5.84. The van der Waals surface area contributed by atoms with E-state index in [1.165, 1.54) is 18.4 Å². The fourth-order valence-corrected chi connectivity index (χ4v) is 1.74. The van der Waals surface area contributed by atoms with Crippen molar-refractivity contribution in [1.29, 1.82) is 0 Å². The van der Waals surface area contributed by atoms with Crippen molar-refractivity contribution >= 4 is 5.97 Å². The lowest BCUT2D eigenvalue weighted by Crippen LogP contribution is -2.04. The van der Waals surface area contributed by atoms with Gasteiger partial charge >= 0.3 is 5.97 Å². The molecule has 0 aliphatic carbocycles. The van der Waals surface area contributed by atoms with Crippen molar-refractivity contribution in [2.24, 2.45) is 0 Å². The average molecular weight is 298 g/mol. The molecule has 22 heavy (non-hydrogen) atoms. The SMILES string of the molecule is O=C(O)c1ccc(OCc2conc2-c2ccccn2)nn1. The Morgan fingerprint density at radius 3 is 2.82 bits per heavy atom. The summed E-state index contributed by atoms with van der Waals surface area (Å²) >= 11 is 0. The third-order valence-electron chi connectivity index (χ3n) is 2.79. The molecule has 0 aromatic carbocycles. The number of rotatable bonds is 5. The van der Waals surface area contributed by atoms with Crippen molar-refractivity contribution in [1.82, 2.24) is 20.3 Å². The predicted octanol–water partition coefficient (Wildman–Crippen LogP) is 1.80. The van der Waals surface area contributed by atoms with E-state index in [2.05, 4.69) is 20.3 Å². The quantitative estimate of drug-likeness (QED) is 0.759. The first-order valence-corrected chi connectivity index (χ1v) is 6.28. The number of nitrogens with zero attached hydrogens (tertiary/aromatic N) is 4. The summed E-state index contributed by atoms with van der Waals surface area (Å²) in [6.07, 6.45) is 3.12. The standard InChI is InChI=1S/C14H10N4O4/c19-14(20)11-4-5-12(17-16-11)21-7-9-8-22-18-13(9)10-3-1-2-6-15-10/h1-6,8H,7H2,(H,19,20). The third kappa shape index (κ3) is 2.90. The second-order valence-electron chi connectivity index (χ2n) is 4.25. The molecule has 3 aromatic heterocycles. The van der Waals surface area contributed by atoms with Crippen molar-refractivity contribution in [3.05, 3.63) is 54.0 Å². The molecule has 8 heteroatoms. The Kier molecular flexibility index (Phi) is 3.73. The van der Waals surface area contributed by atoms with Crippen molar-refractivity contribution in [3.63, 3.8) is 0 Å². The van der Waals surface area contributed by atoms with Gasteiger partial charge in [-0.1, -0.05) is 11.2 Å². The van der Waals surface area contributed by atoms with Crippen LogP contribution in [0.5, 0.6) is 5.88 Å². The fraction of sp³-hybridized carbons (Fsp3) is 0.0714. The topological polar surface area (TPSA) is 111 Å². The van der Waals surface area contributed by atoms with E-state index in [9.17, 15) is 4.79 Å². The van der Waals surface area contributed by atoms with Gasteiger partial charge in [-0.2, -0.15) is 0 Å². The predicted molar refractivity (Wildman–Crippen MR) is 73.1 cm³/mol. The van der Waals surface area contributed by atoms with Gasteiger partial charge in [-0.15, -0.1) is 10.2 Å². The lowest BCUT2D eigenvalue weighted by atomic mass is 10.2. The molecule has 3 aromatic rings. The Bertz CT molecular complexity index is 771. The Labute approximate surface area is 124 Å². The zero-order valence-corrected chi connectivity index (χ0v) is 11.2. The van der Waals surface area contributed by atoms with E-state index in [1.807, 2.05) is 12.1 Å². The molecule has 0 aliphatic heterocycles. The zero-order chi connectivity index (χ0) is 15.4. The summed E-state index contributed by atoms with van der Waals surface area (Å²) in [6, 6.07) is 8.21. The number of aromatic carboxylic acids is 1. The minimum Gasteiger partial charge on any atom is -0.476 e. The van der Waals surface area contributed by atoms with Crippen molar-refractivity contribution < 1.29 is 19.2 Å². The van der Waals surface area contributed by atoms with E-state index in [0.29, 0.717) is 17.0 Å². The Morgan fingerprint density at radius 1 is 1.23 bits per heavy atom. The van der Waals surface area contributed by atoms with Gasteiger partial charge in [-0.25, -0.2) is 4.79 Å². The number of pyridine rings is 1. The number of hydrogen-bond acceptors (Lipinski definition) is 7. The molecule has 110 valence electrons. The van der Waals surface area contributed by atoms with Gasteiger partial charge in [0.05, 0.1) is 11.3 Å². The fourth-order valence-electron chi connectivity index (χ4n) is 1.74. The molecule has 0 amide bonds. The molecule has 0 spiro atoms. The molecule has 3 rings (SSSR count). The summed E-state index contributed by atoms with van der Waals surface area (Å²) in [5, 5.41) is 19.9. The van der Waals surface area contributed by atoms with Gasteiger partial charge in [-0.3, -0.25) is 4.98 Å². The maximum absolute atomic E-state index is 10.7. The van der Waals surface area contributed by atoms with E-state index in [-0.39, 0.29) is 18.2 Å². The zero-order valence-electron chi connectivity index (χ0n) is 11.2. The van der Waals surface area contributed by atoms with E-state index >= 15 is 0 Å².